The van der Waals surface area contributed by atoms with Crippen LogP contribution in [0.3, 0.4) is 0 Å². The number of hydrogen-bond donors (Lipinski definition) is 2. The highest BCUT2D eigenvalue weighted by Crippen LogP contribution is 2.27. The van der Waals surface area contributed by atoms with E-state index in [1.807, 2.05) is 17.5 Å². The maximum Gasteiger partial charge on any atom is 0.321 e. The lowest BCUT2D eigenvalue weighted by Gasteiger charge is -2.29. The van der Waals surface area contributed by atoms with E-state index < -0.39 is 0 Å². The van der Waals surface area contributed by atoms with Crippen LogP contribution in [0.5, 0.6) is 0 Å². The van der Waals surface area contributed by atoms with Crippen LogP contribution in [0.2, 0.25) is 0 Å². The zero-order valence-corrected chi connectivity index (χ0v) is 15.9. The van der Waals surface area contributed by atoms with Gasteiger partial charge in [0.2, 0.25) is 0 Å². The molecule has 1 aliphatic rings. The van der Waals surface area contributed by atoms with Gasteiger partial charge >= 0.3 is 6.03 Å². The zero-order chi connectivity index (χ0) is 19.3. The van der Waals surface area contributed by atoms with Gasteiger partial charge in [0.15, 0.2) is 5.13 Å². The first-order valence-corrected chi connectivity index (χ1v) is 10.0. The summed E-state index contributed by atoms with van der Waals surface area (Å²) >= 11 is 1.38. The monoisotopic (exact) mass is 396 g/mol. The number of thiazole rings is 1. The van der Waals surface area contributed by atoms with Crippen molar-refractivity contribution in [2.24, 2.45) is 0 Å². The van der Waals surface area contributed by atoms with Crippen LogP contribution in [0, 0.1) is 0 Å². The van der Waals surface area contributed by atoms with Crippen molar-refractivity contribution < 1.29 is 4.79 Å². The smallest absolute Gasteiger partial charge is 0.321 e. The number of urea groups is 1. The van der Waals surface area contributed by atoms with E-state index in [1.54, 1.807) is 35.4 Å². The van der Waals surface area contributed by atoms with Gasteiger partial charge in [0, 0.05) is 41.6 Å². The van der Waals surface area contributed by atoms with Gasteiger partial charge in [-0.15, -0.1) is 11.3 Å². The number of nitrogens with zero attached hydrogens (tertiary/aromatic N) is 4. The summed E-state index contributed by atoms with van der Waals surface area (Å²) in [6, 6.07) is 6.92. The van der Waals surface area contributed by atoms with Gasteiger partial charge in [0.05, 0.1) is 11.7 Å². The summed E-state index contributed by atoms with van der Waals surface area (Å²) in [6.45, 7) is 0. The molecule has 9 heteroatoms. The maximum absolute atomic E-state index is 12.3. The van der Waals surface area contributed by atoms with E-state index in [1.165, 1.54) is 11.3 Å². The molecular weight excluding hydrogens is 376 g/mol. The lowest BCUT2D eigenvalue weighted by Crippen LogP contribution is -2.41. The molecule has 8 nitrogen and oxygen atoms in total. The third-order valence-electron chi connectivity index (χ3n) is 4.81. The van der Waals surface area contributed by atoms with Crippen LogP contribution in [0.25, 0.3) is 11.3 Å². The molecule has 144 valence electrons. The number of amides is 2. The quantitative estimate of drug-likeness (QED) is 0.706. The molecule has 28 heavy (non-hydrogen) atoms. The number of carbonyl (C=O) groups excluding carboxylic acids is 1. The average Bonchev–Trinajstić information content (AvgIpc) is 3.22. The molecule has 3 aromatic heterocycles. The molecule has 0 aromatic carbocycles. The molecule has 2 amide bonds. The number of hydrogen-bond acceptors (Lipinski definition) is 6. The predicted molar refractivity (Wildman–Crippen MR) is 107 cm³/mol. The minimum Gasteiger partial charge on any atom is -0.335 e. The van der Waals surface area contributed by atoms with E-state index in [-0.39, 0.29) is 23.7 Å². The van der Waals surface area contributed by atoms with Crippen LogP contribution < -0.4 is 16.2 Å². The molecule has 3 aromatic rings. The SMILES string of the molecule is O=C(Nc1nccs1)NC1CCC(n2nc(-c3cccnc3)ccc2=O)CC1. The van der Waals surface area contributed by atoms with Crippen LogP contribution in [-0.4, -0.2) is 31.8 Å². The third kappa shape index (κ3) is 4.25. The fourth-order valence-corrected chi connectivity index (χ4v) is 3.95. The summed E-state index contributed by atoms with van der Waals surface area (Å²) in [5.74, 6) is 0. The van der Waals surface area contributed by atoms with Crippen LogP contribution >= 0.6 is 11.3 Å². The molecule has 0 radical (unpaired) electrons. The van der Waals surface area contributed by atoms with Crippen molar-refractivity contribution in [2.75, 3.05) is 5.32 Å². The highest BCUT2D eigenvalue weighted by atomic mass is 32.1. The first-order chi connectivity index (χ1) is 13.7. The molecule has 0 unspecified atom stereocenters. The van der Waals surface area contributed by atoms with Gasteiger partial charge in [0.25, 0.3) is 5.56 Å². The Labute approximate surface area is 165 Å². The Morgan fingerprint density at radius 3 is 2.71 bits per heavy atom. The lowest BCUT2D eigenvalue weighted by molar-refractivity contribution is 0.234. The van der Waals surface area contributed by atoms with Gasteiger partial charge in [-0.1, -0.05) is 0 Å². The van der Waals surface area contributed by atoms with Crippen molar-refractivity contribution in [2.45, 2.75) is 37.8 Å². The van der Waals surface area contributed by atoms with Crippen molar-refractivity contribution in [1.29, 1.82) is 0 Å². The standard InChI is InChI=1S/C19H20N6O2S/c26-17-8-7-16(13-2-1-9-20-12-13)24-25(17)15-5-3-14(4-6-15)22-18(27)23-19-21-10-11-28-19/h1-2,7-12,14-15H,3-6H2,(H2,21,22,23,27). The number of pyridine rings is 1. The normalized spacial score (nSPS) is 19.1. The highest BCUT2D eigenvalue weighted by molar-refractivity contribution is 7.13. The predicted octanol–water partition coefficient (Wildman–Crippen LogP) is 3.07. The molecule has 1 aliphatic carbocycles. The number of nitrogens with one attached hydrogen (secondary N) is 2. The number of aromatic nitrogens is 4. The van der Waals surface area contributed by atoms with Crippen molar-refractivity contribution >= 4 is 22.5 Å². The second-order valence-corrected chi connectivity index (χ2v) is 7.58. The molecule has 3 heterocycles. The molecule has 1 saturated carbocycles. The molecule has 0 atom stereocenters. The highest BCUT2D eigenvalue weighted by Gasteiger charge is 2.25. The minimum absolute atomic E-state index is 0.0317. The van der Waals surface area contributed by atoms with E-state index in [2.05, 4.69) is 25.7 Å². The number of carbonyl (C=O) groups is 1. The summed E-state index contributed by atoms with van der Waals surface area (Å²) in [5, 5.41) is 12.7. The fraction of sp³-hybridized carbons (Fsp3) is 0.316. The first kappa shape index (κ1) is 18.3. The Hall–Kier alpha value is -3.07. The topological polar surface area (TPSA) is 102 Å². The van der Waals surface area contributed by atoms with Crippen LogP contribution in [0.4, 0.5) is 9.93 Å². The van der Waals surface area contributed by atoms with Crippen molar-refractivity contribution in [3.05, 3.63) is 58.6 Å². The van der Waals surface area contributed by atoms with Gasteiger partial charge in [-0.25, -0.2) is 14.5 Å². The van der Waals surface area contributed by atoms with Crippen molar-refractivity contribution in [1.82, 2.24) is 25.1 Å². The molecule has 2 N–H and O–H groups in total. The van der Waals surface area contributed by atoms with Crippen LogP contribution in [0.15, 0.2) is 53.0 Å². The zero-order valence-electron chi connectivity index (χ0n) is 15.1. The minimum atomic E-state index is -0.243. The van der Waals surface area contributed by atoms with E-state index in [9.17, 15) is 9.59 Å². The summed E-state index contributed by atoms with van der Waals surface area (Å²) in [5.41, 5.74) is 1.51. The van der Waals surface area contributed by atoms with E-state index in [0.29, 0.717) is 5.13 Å². The van der Waals surface area contributed by atoms with Gasteiger partial charge in [-0.2, -0.15) is 5.10 Å². The largest absolute Gasteiger partial charge is 0.335 e. The molecule has 0 bridgehead atoms. The second-order valence-electron chi connectivity index (χ2n) is 6.68. The molecular formula is C19H20N6O2S. The third-order valence-corrected chi connectivity index (χ3v) is 5.50. The lowest BCUT2D eigenvalue weighted by atomic mass is 9.91. The molecule has 0 saturated heterocycles. The first-order valence-electron chi connectivity index (χ1n) is 9.16. The number of anilines is 1. The molecule has 0 spiro atoms. The summed E-state index contributed by atoms with van der Waals surface area (Å²) in [6.07, 6.45) is 8.24. The van der Waals surface area contributed by atoms with E-state index in [0.717, 1.165) is 36.9 Å². The van der Waals surface area contributed by atoms with Gasteiger partial charge in [-0.05, 0) is 43.9 Å². The Morgan fingerprint density at radius 1 is 1.14 bits per heavy atom. The Morgan fingerprint density at radius 2 is 2.00 bits per heavy atom. The second kappa shape index (κ2) is 8.30. The van der Waals surface area contributed by atoms with Gasteiger partial charge < -0.3 is 5.32 Å². The van der Waals surface area contributed by atoms with E-state index in [4.69, 9.17) is 0 Å². The number of rotatable bonds is 4. The fourth-order valence-electron chi connectivity index (χ4n) is 3.42. The van der Waals surface area contributed by atoms with E-state index >= 15 is 0 Å². The van der Waals surface area contributed by atoms with Crippen LogP contribution in [-0.2, 0) is 0 Å². The maximum atomic E-state index is 12.3. The summed E-state index contributed by atoms with van der Waals surface area (Å²) in [4.78, 5) is 32.5. The van der Waals surface area contributed by atoms with Crippen molar-refractivity contribution in [3.8, 4) is 11.3 Å². The Bertz CT molecular complexity index is 981. The summed E-state index contributed by atoms with van der Waals surface area (Å²) in [7, 11) is 0. The molecule has 4 rings (SSSR count). The Balaban J connectivity index is 1.38. The Kier molecular flexibility index (Phi) is 5.43. The van der Waals surface area contributed by atoms with Crippen molar-refractivity contribution in [3.63, 3.8) is 0 Å². The molecule has 0 aliphatic heterocycles. The average molecular weight is 396 g/mol. The van der Waals surface area contributed by atoms with Gasteiger partial charge in [0.1, 0.15) is 0 Å². The van der Waals surface area contributed by atoms with Gasteiger partial charge in [-0.3, -0.25) is 15.1 Å². The summed E-state index contributed by atoms with van der Waals surface area (Å²) < 4.78 is 1.58. The molecule has 1 fully saturated rings. The van der Waals surface area contributed by atoms with Crippen LogP contribution in [0.1, 0.15) is 31.7 Å².